The highest BCUT2D eigenvalue weighted by atomic mass is 127. The lowest BCUT2D eigenvalue weighted by molar-refractivity contribution is -0.425. The third-order valence-corrected chi connectivity index (χ3v) is 19.8. The summed E-state index contributed by atoms with van der Waals surface area (Å²) in [6.07, 6.45) is 9.19. The number of Topliss-reactive ketones (excluding diaryl/α,β-unsaturated/α-hetero) is 2. The molecule has 4 aromatic rings. The molecule has 11 N–H and O–H groups in total. The fourth-order valence-corrected chi connectivity index (χ4v) is 13.7. The number of carbonyl (C=O) groups excluding carboxylic acids is 8. The molecule has 0 bridgehead atoms. The van der Waals surface area contributed by atoms with Crippen molar-refractivity contribution in [3.8, 4) is 5.75 Å². The number of allylic oxidation sites excluding steroid dienone is 7. The Hall–Kier alpha value is -10.1. The number of nitrogens with one attached hydrogen (secondary N) is 5. The van der Waals surface area contributed by atoms with Crippen molar-refractivity contribution in [2.75, 3.05) is 104 Å². The number of unbranched alkanes of at least 4 members (excludes halogenated alkanes) is 1. The number of rotatable bonds is 49. The summed E-state index contributed by atoms with van der Waals surface area (Å²) in [6.45, 7) is 9.78. The number of para-hydroxylation sites is 1. The molecule has 0 saturated carbocycles. The number of ether oxygens (including phenoxy) is 5. The van der Waals surface area contributed by atoms with Crippen molar-refractivity contribution in [2.24, 2.45) is 5.92 Å². The highest BCUT2D eigenvalue weighted by Crippen LogP contribution is 2.49. The molecule has 3 atom stereocenters. The zero-order valence-corrected chi connectivity index (χ0v) is 69.9. The van der Waals surface area contributed by atoms with Crippen LogP contribution in [0.25, 0.3) is 0 Å². The van der Waals surface area contributed by atoms with E-state index in [1.807, 2.05) is 67.0 Å². The molecule has 0 fully saturated rings. The van der Waals surface area contributed by atoms with Gasteiger partial charge in [0.1, 0.15) is 29.9 Å². The number of urea groups is 1. The molecule has 37 heteroatoms. The number of aliphatic carboxylic acids is 3. The predicted octanol–water partition coefficient (Wildman–Crippen LogP) is 2.15. The van der Waals surface area contributed by atoms with Crippen LogP contribution >= 0.6 is 0 Å². The van der Waals surface area contributed by atoms with Gasteiger partial charge in [0.2, 0.25) is 24.0 Å². The standard InChI is InChI=1S/C80H103N7O22S.CO2.HI.O3S/c1-79(2)62-19-9-10-20-66(62)86(52-72(93)81-36-40-105-44-46-107-42-38-88)69(79)33-25-56-16-12-17-57(26-34-70-80(3,4)63-51-61(110(102,103)104)30-32-67(63)87(70)53-73(94)82-37-41-106-45-47-108-43-39-89)75(56)109-60-28-23-55(24-29-60)48-58(76(97)98)50-68(91)65(49-54-14-6-5-7-15-54)84-71(92)21-11-8-18-59(90)27-31-64(77(99)100)85-78(101)83-35-13-22-74(95)96;2-1-3;;1-4(2)3/h5-7,9-10,14-15,19-20,23-26,28-30,32-34,51,58,64-65,88-89H,8,11-13,16-18,21-22,27,31,35-50,52-53H2,1-4H3,(H8-,81,82,83,84,85,92,93,94,95,96,97,98,99,100,101,102,103,104);;1H;/t58-,64+,65+;;;/m1.../s1. The summed E-state index contributed by atoms with van der Waals surface area (Å²) >= 11 is 0. The van der Waals surface area contributed by atoms with Crippen molar-refractivity contribution in [3.05, 3.63) is 166 Å². The van der Waals surface area contributed by atoms with Crippen molar-refractivity contribution >= 4 is 97.2 Å². The summed E-state index contributed by atoms with van der Waals surface area (Å²) in [6, 6.07) is 24.5. The quantitative estimate of drug-likeness (QED) is 0.0131. The lowest BCUT2D eigenvalue weighted by atomic mass is 9.81. The lowest BCUT2D eigenvalue weighted by Crippen LogP contribution is -3.00. The predicted molar refractivity (Wildman–Crippen MR) is 421 cm³/mol. The summed E-state index contributed by atoms with van der Waals surface area (Å²) in [5, 5.41) is 60.5. The number of benzene rings is 4. The minimum Gasteiger partial charge on any atom is -1.00 e. The molecule has 3 aliphatic rings. The number of halogens is 1. The number of ketones is 2. The number of carboxylic acid groups (broad SMARTS) is 3. The van der Waals surface area contributed by atoms with E-state index < -0.39 is 91.6 Å². The molecule has 34 nitrogen and oxygen atoms in total. The Morgan fingerprint density at radius 3 is 1.81 bits per heavy atom. The topological polar surface area (TPSA) is 507 Å². The number of fused-ring (bicyclic) bond motifs is 2. The normalized spacial score (nSPS) is 15.1. The number of anilines is 1. The fourth-order valence-electron chi connectivity index (χ4n) is 13.2. The smallest absolute Gasteiger partial charge is 0.425 e. The van der Waals surface area contributed by atoms with E-state index in [2.05, 4.69) is 40.4 Å². The molecule has 0 unspecified atom stereocenters. The number of nitrogens with zero attached hydrogens (tertiary/aromatic N) is 2. The van der Waals surface area contributed by atoms with Gasteiger partial charge in [-0.1, -0.05) is 80.6 Å². The van der Waals surface area contributed by atoms with Crippen molar-refractivity contribution < 1.29 is 156 Å². The van der Waals surface area contributed by atoms with Gasteiger partial charge in [-0.25, -0.2) is 9.59 Å². The van der Waals surface area contributed by atoms with Crippen LogP contribution in [0.15, 0.2) is 149 Å². The maximum absolute atomic E-state index is 14.3. The van der Waals surface area contributed by atoms with Gasteiger partial charge in [0.05, 0.1) is 88.3 Å². The molecule has 118 heavy (non-hydrogen) atoms. The number of amides is 5. The van der Waals surface area contributed by atoms with E-state index in [1.165, 1.54) is 12.1 Å². The Morgan fingerprint density at radius 2 is 1.21 bits per heavy atom. The van der Waals surface area contributed by atoms with Crippen LogP contribution in [-0.2, 0) is 111 Å². The van der Waals surface area contributed by atoms with Gasteiger partial charge in [0, 0.05) is 86.2 Å². The van der Waals surface area contributed by atoms with Crippen LogP contribution in [-0.4, -0.2) is 232 Å². The Bertz CT molecular complexity index is 4500. The van der Waals surface area contributed by atoms with Gasteiger partial charge < -0.3 is 105 Å². The van der Waals surface area contributed by atoms with Crippen molar-refractivity contribution in [2.45, 2.75) is 145 Å². The highest BCUT2D eigenvalue weighted by Gasteiger charge is 2.46. The third-order valence-electron chi connectivity index (χ3n) is 19.0. The largest absolute Gasteiger partial charge is 1.00 e. The van der Waals surface area contributed by atoms with Gasteiger partial charge in [-0.05, 0) is 142 Å². The maximum Gasteiger partial charge on any atom is 0.425 e. The summed E-state index contributed by atoms with van der Waals surface area (Å²) in [5.41, 5.74) is 5.58. The van der Waals surface area contributed by atoms with Crippen LogP contribution in [0, 0.1) is 5.92 Å². The van der Waals surface area contributed by atoms with E-state index in [0.717, 1.165) is 28.1 Å². The summed E-state index contributed by atoms with van der Waals surface area (Å²) in [4.78, 5) is 134. The monoisotopic (exact) mass is 1800 g/mol. The van der Waals surface area contributed by atoms with E-state index in [-0.39, 0.29) is 202 Å². The van der Waals surface area contributed by atoms with E-state index >= 15 is 0 Å². The second-order valence-electron chi connectivity index (χ2n) is 28.2. The maximum atomic E-state index is 14.3. The van der Waals surface area contributed by atoms with Crippen LogP contribution in [0.5, 0.6) is 5.75 Å². The highest BCUT2D eigenvalue weighted by molar-refractivity contribution is 7.85. The summed E-state index contributed by atoms with van der Waals surface area (Å²) in [5.74, 6) is -5.98. The number of aliphatic hydroxyl groups is 2. The number of hydrogen-bond acceptors (Lipinski definition) is 24. The third kappa shape index (κ3) is 34.1. The van der Waals surface area contributed by atoms with Crippen molar-refractivity contribution in [3.63, 3.8) is 0 Å². The van der Waals surface area contributed by atoms with Crippen LogP contribution in [0.2, 0.25) is 0 Å². The van der Waals surface area contributed by atoms with Crippen LogP contribution in [0.3, 0.4) is 0 Å². The Kier molecular flexibility index (Phi) is 44.2. The van der Waals surface area contributed by atoms with Gasteiger partial charge in [-0.2, -0.15) is 22.6 Å². The van der Waals surface area contributed by atoms with Crippen molar-refractivity contribution in [1.82, 2.24) is 26.6 Å². The lowest BCUT2D eigenvalue weighted by Gasteiger charge is -2.27. The van der Waals surface area contributed by atoms with E-state index in [0.29, 0.717) is 72.1 Å². The molecule has 0 spiro atoms. The molecule has 644 valence electrons. The first-order chi connectivity index (χ1) is 55.7. The molecular weight excluding hydrogens is 1690 g/mol. The molecule has 4 aromatic carbocycles. The molecule has 0 saturated heterocycles. The SMILES string of the molecule is CC1(C)C(=CC=C2CCCC(C=CC3=[N+](CC(=O)NCCOCCOCCO)c4ccccc4C3(C)C)=C2Oc2ccc(C[C@H](CC(=O)[C@H](Cc3ccccc3)NC(=O)CCCCC(=O)CC[C@H](NC(=O)NCCCC(=O)O)C(=O)O)C(=O)O)cc2)N(CC(=O)NCCOCCOCCO)c2ccc(S(=O)(=O)O)cc21.O=C=O.O=S(=O)=O.[I-]. The molecule has 2 aliphatic heterocycles. The molecule has 7 rings (SSSR count). The van der Waals surface area contributed by atoms with Crippen molar-refractivity contribution in [1.29, 1.82) is 0 Å². The molecule has 0 radical (unpaired) electrons. The van der Waals surface area contributed by atoms with Crippen LogP contribution in [0.4, 0.5) is 16.2 Å². The van der Waals surface area contributed by atoms with Gasteiger partial charge in [-0.15, -0.1) is 12.6 Å². The second kappa shape index (κ2) is 52.0. The number of carbonyl (C=O) groups is 9. The van der Waals surface area contributed by atoms with Gasteiger partial charge in [0.25, 0.3) is 16.0 Å². The molecule has 0 aromatic heterocycles. The Balaban J connectivity index is 0.00000352. The van der Waals surface area contributed by atoms with Gasteiger partial charge in [0.15, 0.2) is 11.5 Å². The first-order valence-corrected chi connectivity index (χ1v) is 40.3. The fraction of sp³-hybridized carbons (Fsp3) is 0.469. The first kappa shape index (κ1) is 100. The van der Waals surface area contributed by atoms with E-state index in [1.54, 1.807) is 65.6 Å². The molecule has 1 aliphatic carbocycles. The zero-order chi connectivity index (χ0) is 86.1. The average molecular weight is 1800 g/mol. The van der Waals surface area contributed by atoms with Crippen LogP contribution < -0.4 is 60.2 Å². The summed E-state index contributed by atoms with van der Waals surface area (Å²) in [7, 11) is -7.76. The van der Waals surface area contributed by atoms with E-state index in [4.69, 9.17) is 61.2 Å². The second-order valence-corrected chi connectivity index (χ2v) is 30.0. The van der Waals surface area contributed by atoms with Gasteiger partial charge in [-0.3, -0.25) is 38.1 Å². The summed E-state index contributed by atoms with van der Waals surface area (Å²) < 4.78 is 91.5. The Labute approximate surface area is 702 Å². The first-order valence-electron chi connectivity index (χ1n) is 37.9. The minimum atomic E-state index is -4.65. The minimum absolute atomic E-state index is 0. The molecule has 2 heterocycles. The molecular formula is C81H104IN7O27S2. The van der Waals surface area contributed by atoms with Gasteiger partial charge >= 0.3 is 40.7 Å². The Morgan fingerprint density at radius 1 is 0.619 bits per heavy atom. The molecule has 5 amide bonds. The van der Waals surface area contributed by atoms with E-state index in [9.17, 15) is 66.3 Å². The average Bonchev–Trinajstić information content (AvgIpc) is 1.59. The van der Waals surface area contributed by atoms with Crippen LogP contribution in [0.1, 0.15) is 127 Å². The number of hydrogen-bond donors (Lipinski definition) is 11. The number of carboxylic acids is 3. The number of aliphatic hydroxyl groups excluding tert-OH is 2. The zero-order valence-electron chi connectivity index (χ0n) is 66.1.